The van der Waals surface area contributed by atoms with Crippen molar-refractivity contribution in [2.45, 2.75) is 0 Å². The van der Waals surface area contributed by atoms with E-state index >= 15 is 0 Å². The van der Waals surface area contributed by atoms with Gasteiger partial charge in [-0.2, -0.15) is 0 Å². The van der Waals surface area contributed by atoms with Gasteiger partial charge in [0.15, 0.2) is 5.78 Å². The summed E-state index contributed by atoms with van der Waals surface area (Å²) in [6.45, 7) is 6.86. The maximum Gasteiger partial charge on any atom is 0.337 e. The van der Waals surface area contributed by atoms with Crippen molar-refractivity contribution < 1.29 is 24.6 Å². The summed E-state index contributed by atoms with van der Waals surface area (Å²) >= 11 is 0. The van der Waals surface area contributed by atoms with Gasteiger partial charge in [-0.3, -0.25) is 4.79 Å². The Kier molecular flexibility index (Phi) is 6.84. The van der Waals surface area contributed by atoms with Crippen LogP contribution in [0.15, 0.2) is 61.7 Å². The highest BCUT2D eigenvalue weighted by Gasteiger charge is 2.13. The normalized spacial score (nSPS) is 9.28. The fraction of sp³-hybridized carbons (Fsp3) is 0. The molecule has 0 amide bonds. The summed E-state index contributed by atoms with van der Waals surface area (Å²) in [4.78, 5) is 32.3. The van der Waals surface area contributed by atoms with E-state index in [-0.39, 0.29) is 22.6 Å². The summed E-state index contributed by atoms with van der Waals surface area (Å²) in [5.41, 5.74) is 6.81. The van der Waals surface area contributed by atoms with Crippen LogP contribution in [-0.2, 0) is 0 Å². The second-order valence-electron chi connectivity index (χ2n) is 4.77. The minimum atomic E-state index is -1.15. The monoisotopic (exact) mass is 339 g/mol. The molecule has 2 rings (SSSR count). The van der Waals surface area contributed by atoms with Crippen molar-refractivity contribution in [3.63, 3.8) is 0 Å². The van der Waals surface area contributed by atoms with Crippen molar-refractivity contribution in [3.8, 4) is 0 Å². The largest absolute Gasteiger partial charge is 0.478 e. The Balaban J connectivity index is 0.000000257. The van der Waals surface area contributed by atoms with Crippen molar-refractivity contribution >= 4 is 29.5 Å². The maximum absolute atomic E-state index is 11.2. The number of carbonyl (C=O) groups excluding carboxylic acids is 1. The Bertz CT molecular complexity index is 822. The van der Waals surface area contributed by atoms with E-state index in [9.17, 15) is 14.4 Å². The zero-order chi connectivity index (χ0) is 19.0. The molecule has 0 aliphatic carbocycles. The number of aromatic carboxylic acids is 2. The highest BCUT2D eigenvalue weighted by Crippen LogP contribution is 2.18. The number of carboxylic acids is 2. The fourth-order valence-electron chi connectivity index (χ4n) is 1.84. The molecule has 0 atom stereocenters. The lowest BCUT2D eigenvalue weighted by Gasteiger charge is -2.04. The number of carbonyl (C=O) groups is 3. The third-order valence-electron chi connectivity index (χ3n) is 3.18. The third kappa shape index (κ3) is 5.18. The molecule has 0 fully saturated rings. The van der Waals surface area contributed by atoms with Crippen LogP contribution >= 0.6 is 0 Å². The van der Waals surface area contributed by atoms with Gasteiger partial charge in [0.25, 0.3) is 0 Å². The van der Waals surface area contributed by atoms with E-state index in [1.807, 2.05) is 0 Å². The average molecular weight is 339 g/mol. The van der Waals surface area contributed by atoms with Crippen molar-refractivity contribution in [2.75, 3.05) is 5.73 Å². The fourth-order valence-corrected chi connectivity index (χ4v) is 1.84. The average Bonchev–Trinajstić information content (AvgIpc) is 2.61. The van der Waals surface area contributed by atoms with Crippen LogP contribution in [0.3, 0.4) is 0 Å². The molecule has 2 aromatic carbocycles. The number of nitrogen functional groups attached to an aromatic ring is 1. The molecule has 0 radical (unpaired) electrons. The smallest absolute Gasteiger partial charge is 0.337 e. The number of anilines is 1. The SMILES string of the molecule is C=CC(=O)c1cccc(C(=O)O)c1N.C=Cc1ccc(C(=O)O)cc1. The maximum atomic E-state index is 11.2. The van der Waals surface area contributed by atoms with Crippen LogP contribution in [0, 0.1) is 0 Å². The molecule has 0 saturated heterocycles. The van der Waals surface area contributed by atoms with Gasteiger partial charge in [0, 0.05) is 5.56 Å². The van der Waals surface area contributed by atoms with E-state index in [0.29, 0.717) is 5.56 Å². The topological polar surface area (TPSA) is 118 Å². The van der Waals surface area contributed by atoms with Gasteiger partial charge in [0.05, 0.1) is 16.8 Å². The molecule has 0 bridgehead atoms. The zero-order valence-electron chi connectivity index (χ0n) is 13.3. The van der Waals surface area contributed by atoms with Gasteiger partial charge in [-0.15, -0.1) is 0 Å². The molecule has 0 unspecified atom stereocenters. The van der Waals surface area contributed by atoms with Crippen molar-refractivity contribution in [1.82, 2.24) is 0 Å². The van der Waals surface area contributed by atoms with E-state index in [4.69, 9.17) is 15.9 Å². The highest BCUT2D eigenvalue weighted by atomic mass is 16.4. The Morgan fingerprint density at radius 3 is 1.88 bits per heavy atom. The van der Waals surface area contributed by atoms with Gasteiger partial charge < -0.3 is 15.9 Å². The predicted octanol–water partition coefficient (Wildman–Crippen LogP) is 3.36. The summed E-state index contributed by atoms with van der Waals surface area (Å²) in [5, 5.41) is 17.3. The molecule has 0 aromatic heterocycles. The van der Waals surface area contributed by atoms with E-state index in [1.54, 1.807) is 30.3 Å². The first-order valence-electron chi connectivity index (χ1n) is 7.06. The predicted molar refractivity (Wildman–Crippen MR) is 95.8 cm³/mol. The third-order valence-corrected chi connectivity index (χ3v) is 3.18. The lowest BCUT2D eigenvalue weighted by Crippen LogP contribution is -2.07. The lowest BCUT2D eigenvalue weighted by molar-refractivity contribution is 0.0686. The molecular weight excluding hydrogens is 322 g/mol. The minimum absolute atomic E-state index is 0.0232. The quantitative estimate of drug-likeness (QED) is 0.437. The minimum Gasteiger partial charge on any atom is -0.478 e. The highest BCUT2D eigenvalue weighted by molar-refractivity contribution is 6.10. The molecule has 0 heterocycles. The van der Waals surface area contributed by atoms with Crippen LogP contribution in [0.5, 0.6) is 0 Å². The van der Waals surface area contributed by atoms with Crippen LogP contribution in [0.25, 0.3) is 6.08 Å². The standard InChI is InChI=1S/C10H9NO3.C9H8O2/c1-2-8(12)6-4-3-5-7(9(6)11)10(13)14;1-2-7-3-5-8(6-4-7)9(10)11/h2-5H,1,11H2,(H,13,14);2-6H,1H2,(H,10,11). The van der Waals surface area contributed by atoms with Gasteiger partial charge in [0.2, 0.25) is 0 Å². The zero-order valence-corrected chi connectivity index (χ0v) is 13.3. The number of benzene rings is 2. The molecule has 2 aromatic rings. The summed E-state index contributed by atoms with van der Waals surface area (Å²) in [7, 11) is 0. The summed E-state index contributed by atoms with van der Waals surface area (Å²) in [6.07, 6.45) is 2.77. The lowest BCUT2D eigenvalue weighted by atomic mass is 10.0. The van der Waals surface area contributed by atoms with Gasteiger partial charge in [0.1, 0.15) is 0 Å². The van der Waals surface area contributed by atoms with Crippen molar-refractivity contribution in [1.29, 1.82) is 0 Å². The first-order valence-corrected chi connectivity index (χ1v) is 7.06. The Labute approximate surface area is 144 Å². The van der Waals surface area contributed by atoms with Gasteiger partial charge >= 0.3 is 11.9 Å². The molecule has 4 N–H and O–H groups in total. The number of para-hydroxylation sites is 1. The summed E-state index contributed by atoms with van der Waals surface area (Å²) in [5.74, 6) is -2.44. The van der Waals surface area contributed by atoms with E-state index in [2.05, 4.69) is 13.2 Å². The second kappa shape index (κ2) is 8.83. The molecule has 6 nitrogen and oxygen atoms in total. The van der Waals surface area contributed by atoms with Gasteiger partial charge in [-0.05, 0) is 35.9 Å². The molecule has 128 valence electrons. The second-order valence-corrected chi connectivity index (χ2v) is 4.77. The molecule has 25 heavy (non-hydrogen) atoms. The van der Waals surface area contributed by atoms with Crippen molar-refractivity contribution in [2.24, 2.45) is 0 Å². The molecular formula is C19H17NO5. The number of nitrogens with two attached hydrogens (primary N) is 1. The van der Waals surface area contributed by atoms with Crippen LogP contribution in [-0.4, -0.2) is 27.9 Å². The number of allylic oxidation sites excluding steroid dienone is 1. The number of hydrogen-bond acceptors (Lipinski definition) is 4. The van der Waals surface area contributed by atoms with Crippen LogP contribution < -0.4 is 5.73 Å². The first-order chi connectivity index (χ1) is 11.8. The summed E-state index contributed by atoms with van der Waals surface area (Å²) < 4.78 is 0. The van der Waals surface area contributed by atoms with Crippen LogP contribution in [0.1, 0.15) is 36.6 Å². The Morgan fingerprint density at radius 1 is 0.880 bits per heavy atom. The van der Waals surface area contributed by atoms with Crippen molar-refractivity contribution in [3.05, 3.63) is 84.0 Å². The molecule has 6 heteroatoms. The molecule has 0 aliphatic heterocycles. The van der Waals surface area contributed by atoms with E-state index < -0.39 is 11.9 Å². The Morgan fingerprint density at radius 2 is 1.44 bits per heavy atom. The number of hydrogen-bond donors (Lipinski definition) is 3. The van der Waals surface area contributed by atoms with Crippen LogP contribution in [0.4, 0.5) is 5.69 Å². The number of ketones is 1. The van der Waals surface area contributed by atoms with E-state index in [1.165, 1.54) is 18.2 Å². The summed E-state index contributed by atoms with van der Waals surface area (Å²) in [6, 6.07) is 10.8. The first kappa shape index (κ1) is 19.4. The van der Waals surface area contributed by atoms with E-state index in [0.717, 1.165) is 11.6 Å². The Hall–Kier alpha value is -3.67. The molecule has 0 aliphatic rings. The van der Waals surface area contributed by atoms with Gasteiger partial charge in [-0.1, -0.05) is 37.4 Å². The molecule has 0 spiro atoms. The van der Waals surface area contributed by atoms with Gasteiger partial charge in [-0.25, -0.2) is 9.59 Å². The molecule has 0 saturated carbocycles. The number of rotatable bonds is 5. The van der Waals surface area contributed by atoms with Crippen LogP contribution in [0.2, 0.25) is 0 Å². The number of carboxylic acid groups (broad SMARTS) is 2.